The minimum absolute atomic E-state index is 0.0400. The fraction of sp³-hybridized carbons (Fsp3) is 0.409. The summed E-state index contributed by atoms with van der Waals surface area (Å²) in [6, 6.07) is 3.62. The lowest BCUT2D eigenvalue weighted by atomic mass is 10.1. The van der Waals surface area contributed by atoms with E-state index in [-0.39, 0.29) is 53.9 Å². The molecule has 0 spiro atoms. The quantitative estimate of drug-likeness (QED) is 0.486. The molecule has 0 saturated heterocycles. The fourth-order valence-electron chi connectivity index (χ4n) is 4.06. The van der Waals surface area contributed by atoms with Gasteiger partial charge in [0.2, 0.25) is 11.7 Å². The fourth-order valence-corrected chi connectivity index (χ4v) is 4.06. The Hall–Kier alpha value is -3.69. The zero-order valence-electron chi connectivity index (χ0n) is 18.6. The van der Waals surface area contributed by atoms with E-state index < -0.39 is 16.8 Å². The van der Waals surface area contributed by atoms with Crippen molar-refractivity contribution in [3.63, 3.8) is 0 Å². The van der Waals surface area contributed by atoms with Crippen LogP contribution in [0.4, 0.5) is 0 Å². The van der Waals surface area contributed by atoms with Crippen LogP contribution in [0.25, 0.3) is 16.9 Å². The van der Waals surface area contributed by atoms with Gasteiger partial charge in [0.25, 0.3) is 11.1 Å². The molecular weight excluding hydrogens is 412 g/mol. The second-order valence-corrected chi connectivity index (χ2v) is 8.15. The zero-order chi connectivity index (χ0) is 23.2. The maximum atomic E-state index is 13.5. The molecule has 0 radical (unpaired) electrons. The Labute approximate surface area is 183 Å². The monoisotopic (exact) mass is 438 g/mol. The van der Waals surface area contributed by atoms with Gasteiger partial charge in [0.05, 0.1) is 12.1 Å². The van der Waals surface area contributed by atoms with Crippen molar-refractivity contribution in [2.75, 3.05) is 0 Å². The molecule has 10 heteroatoms. The Balaban J connectivity index is 2.22. The molecule has 0 aliphatic heterocycles. The molecule has 32 heavy (non-hydrogen) atoms. The summed E-state index contributed by atoms with van der Waals surface area (Å²) in [6.07, 6.45) is 3.62. The number of pyridine rings is 1. The molecule has 0 bridgehead atoms. The lowest BCUT2D eigenvalue weighted by molar-refractivity contribution is 0.407. The highest BCUT2D eigenvalue weighted by molar-refractivity contribution is 5.75. The maximum Gasteiger partial charge on any atom is 0.332 e. The standard InChI is InChI=1S/C22H26N6O4/c1-5-25-17-16(20(31)26(6-2)22(25)32)28-19(30)15(10-13(3)4)18(29)27(21(28)24-17)12-14-8-7-9-23-11-14/h7-9,11,13,29H,5-6,10,12H2,1-4H3. The third-order valence-corrected chi connectivity index (χ3v) is 5.54. The van der Waals surface area contributed by atoms with E-state index in [0.29, 0.717) is 6.42 Å². The van der Waals surface area contributed by atoms with E-state index in [1.54, 1.807) is 32.3 Å². The number of hydrogen-bond donors (Lipinski definition) is 1. The van der Waals surface area contributed by atoms with E-state index in [0.717, 1.165) is 10.1 Å². The van der Waals surface area contributed by atoms with Crippen LogP contribution < -0.4 is 16.8 Å². The van der Waals surface area contributed by atoms with Gasteiger partial charge in [0.15, 0.2) is 11.2 Å². The average molecular weight is 438 g/mol. The molecule has 168 valence electrons. The first-order chi connectivity index (χ1) is 15.3. The van der Waals surface area contributed by atoms with Crippen molar-refractivity contribution < 1.29 is 5.11 Å². The van der Waals surface area contributed by atoms with Gasteiger partial charge in [-0.15, -0.1) is 0 Å². The van der Waals surface area contributed by atoms with Crippen LogP contribution in [0.1, 0.15) is 38.8 Å². The lowest BCUT2D eigenvalue weighted by Gasteiger charge is -2.15. The van der Waals surface area contributed by atoms with Crippen LogP contribution >= 0.6 is 0 Å². The predicted octanol–water partition coefficient (Wildman–Crippen LogP) is 1.36. The number of imidazole rings is 1. The molecule has 0 saturated carbocycles. The summed E-state index contributed by atoms with van der Waals surface area (Å²) in [7, 11) is 0. The number of hydrogen-bond acceptors (Lipinski definition) is 6. The first-order valence-corrected chi connectivity index (χ1v) is 10.7. The molecule has 0 fully saturated rings. The van der Waals surface area contributed by atoms with Gasteiger partial charge in [-0.3, -0.25) is 28.3 Å². The minimum Gasteiger partial charge on any atom is -0.494 e. The van der Waals surface area contributed by atoms with Gasteiger partial charge in [-0.25, -0.2) is 9.20 Å². The molecule has 10 nitrogen and oxygen atoms in total. The normalized spacial score (nSPS) is 11.8. The van der Waals surface area contributed by atoms with Crippen molar-refractivity contribution in [3.8, 4) is 5.88 Å². The van der Waals surface area contributed by atoms with E-state index >= 15 is 0 Å². The van der Waals surface area contributed by atoms with Gasteiger partial charge < -0.3 is 5.11 Å². The van der Waals surface area contributed by atoms with Crippen molar-refractivity contribution in [2.24, 2.45) is 5.92 Å². The number of aryl methyl sites for hydroxylation is 1. The van der Waals surface area contributed by atoms with Gasteiger partial charge in [0, 0.05) is 25.5 Å². The van der Waals surface area contributed by atoms with Crippen LogP contribution in [0.3, 0.4) is 0 Å². The van der Waals surface area contributed by atoms with E-state index in [2.05, 4.69) is 9.97 Å². The first kappa shape index (κ1) is 21.5. The third kappa shape index (κ3) is 3.22. The molecule has 0 aliphatic rings. The molecular formula is C22H26N6O4. The van der Waals surface area contributed by atoms with E-state index in [1.807, 2.05) is 19.9 Å². The van der Waals surface area contributed by atoms with Gasteiger partial charge >= 0.3 is 5.69 Å². The van der Waals surface area contributed by atoms with E-state index in [1.165, 1.54) is 13.5 Å². The molecule has 0 amide bonds. The molecule has 1 N–H and O–H groups in total. The van der Waals surface area contributed by atoms with Gasteiger partial charge in [0.1, 0.15) is 0 Å². The summed E-state index contributed by atoms with van der Waals surface area (Å²) >= 11 is 0. The molecule has 0 unspecified atom stereocenters. The van der Waals surface area contributed by atoms with E-state index in [9.17, 15) is 19.5 Å². The Kier molecular flexibility index (Phi) is 5.45. The second kappa shape index (κ2) is 8.10. The van der Waals surface area contributed by atoms with Gasteiger partial charge in [-0.05, 0) is 37.8 Å². The second-order valence-electron chi connectivity index (χ2n) is 8.15. The number of aromatic hydroxyl groups is 1. The smallest absolute Gasteiger partial charge is 0.332 e. The summed E-state index contributed by atoms with van der Waals surface area (Å²) < 4.78 is 5.21. The SMILES string of the molecule is CCn1c(=O)c2c(nc3n(Cc4cccnc4)c(O)c(CC(C)C)c(=O)n23)n(CC)c1=O. The zero-order valence-corrected chi connectivity index (χ0v) is 18.6. The molecule has 4 aromatic heterocycles. The van der Waals surface area contributed by atoms with Crippen molar-refractivity contribution in [2.45, 2.75) is 53.8 Å². The number of nitrogens with zero attached hydrogens (tertiary/aromatic N) is 6. The topological polar surface area (TPSA) is 116 Å². The van der Waals surface area contributed by atoms with Crippen LogP contribution in [0.5, 0.6) is 5.88 Å². The average Bonchev–Trinajstić information content (AvgIpc) is 3.16. The van der Waals surface area contributed by atoms with Crippen molar-refractivity contribution in [1.82, 2.24) is 28.1 Å². The van der Waals surface area contributed by atoms with E-state index in [4.69, 9.17) is 0 Å². The minimum atomic E-state index is -0.573. The number of aromatic nitrogens is 6. The van der Waals surface area contributed by atoms with Crippen molar-refractivity contribution >= 4 is 16.9 Å². The third-order valence-electron chi connectivity index (χ3n) is 5.54. The number of fused-ring (bicyclic) bond motifs is 3. The van der Waals surface area contributed by atoms with Crippen molar-refractivity contribution in [1.29, 1.82) is 0 Å². The van der Waals surface area contributed by atoms with Crippen LogP contribution in [-0.2, 0) is 26.1 Å². The summed E-state index contributed by atoms with van der Waals surface area (Å²) in [5.41, 5.74) is -0.396. The summed E-state index contributed by atoms with van der Waals surface area (Å²) in [4.78, 5) is 48.2. The lowest BCUT2D eigenvalue weighted by Crippen LogP contribution is -2.40. The van der Waals surface area contributed by atoms with Crippen LogP contribution in [0, 0.1) is 5.92 Å². The highest BCUT2D eigenvalue weighted by Crippen LogP contribution is 2.23. The Morgan fingerprint density at radius 3 is 2.34 bits per heavy atom. The first-order valence-electron chi connectivity index (χ1n) is 10.7. The molecule has 4 aromatic rings. The van der Waals surface area contributed by atoms with Crippen LogP contribution in [0.15, 0.2) is 38.9 Å². The summed E-state index contributed by atoms with van der Waals surface area (Å²) in [5, 5.41) is 11.1. The maximum absolute atomic E-state index is 13.5. The largest absolute Gasteiger partial charge is 0.494 e. The van der Waals surface area contributed by atoms with Gasteiger partial charge in [-0.2, -0.15) is 4.98 Å². The Bertz CT molecular complexity index is 1490. The summed E-state index contributed by atoms with van der Waals surface area (Å²) in [6.45, 7) is 8.01. The predicted molar refractivity (Wildman–Crippen MR) is 120 cm³/mol. The van der Waals surface area contributed by atoms with Crippen molar-refractivity contribution in [3.05, 3.63) is 66.8 Å². The van der Waals surface area contributed by atoms with Crippen LogP contribution in [0.2, 0.25) is 0 Å². The summed E-state index contributed by atoms with van der Waals surface area (Å²) in [5.74, 6) is -0.00298. The van der Waals surface area contributed by atoms with Crippen LogP contribution in [-0.4, -0.2) is 33.2 Å². The molecule has 4 rings (SSSR count). The molecule has 0 atom stereocenters. The Morgan fingerprint density at radius 1 is 1.03 bits per heavy atom. The number of rotatable bonds is 6. The Morgan fingerprint density at radius 2 is 1.75 bits per heavy atom. The highest BCUT2D eigenvalue weighted by Gasteiger charge is 2.25. The molecule has 0 aromatic carbocycles. The highest BCUT2D eigenvalue weighted by atomic mass is 16.3. The molecule has 0 aliphatic carbocycles. The molecule has 4 heterocycles. The van der Waals surface area contributed by atoms with Gasteiger partial charge in [-0.1, -0.05) is 19.9 Å².